The van der Waals surface area contributed by atoms with Crippen LogP contribution in [0.3, 0.4) is 0 Å². The van der Waals surface area contributed by atoms with E-state index in [0.717, 1.165) is 0 Å². The monoisotopic (exact) mass is 249 g/mol. The van der Waals surface area contributed by atoms with Crippen molar-refractivity contribution in [1.29, 1.82) is 0 Å². The van der Waals surface area contributed by atoms with Crippen molar-refractivity contribution >= 4 is 23.2 Å². The van der Waals surface area contributed by atoms with Crippen LogP contribution in [0.2, 0.25) is 0 Å². The highest BCUT2D eigenvalue weighted by Gasteiger charge is 2.61. The van der Waals surface area contributed by atoms with Crippen LogP contribution in [0.1, 0.15) is 0 Å². The molecule has 0 rings (SSSR count). The summed E-state index contributed by atoms with van der Waals surface area (Å²) in [6.45, 7) is -2.35. The second-order valence-electron chi connectivity index (χ2n) is 2.84. The Hall–Kier alpha value is -0.170. The van der Waals surface area contributed by atoms with Crippen molar-refractivity contribution in [2.75, 3.05) is 25.0 Å². The number of nitro groups is 1. The molecule has 0 aromatic carbocycles. The minimum absolute atomic E-state index is 0.779. The Bertz CT molecular complexity index is 208. The van der Waals surface area contributed by atoms with Gasteiger partial charge in [0.25, 0.3) is 0 Å². The van der Waals surface area contributed by atoms with Crippen LogP contribution in [0.4, 0.5) is 4.39 Å². The zero-order valence-electron chi connectivity index (χ0n) is 7.12. The van der Waals surface area contributed by atoms with Crippen molar-refractivity contribution in [2.24, 2.45) is 0 Å². The first-order valence-electron chi connectivity index (χ1n) is 3.61. The highest BCUT2D eigenvalue weighted by atomic mass is 35.5. The average Bonchev–Trinajstić information content (AvgIpc) is 2.19. The fourth-order valence-corrected chi connectivity index (χ4v) is 1.68. The summed E-state index contributed by atoms with van der Waals surface area (Å²) in [6, 6.07) is 0. The van der Waals surface area contributed by atoms with Gasteiger partial charge in [-0.2, -0.15) is 0 Å². The molecule has 0 spiro atoms. The van der Waals surface area contributed by atoms with Crippen molar-refractivity contribution in [3.8, 4) is 0 Å². The van der Waals surface area contributed by atoms with Gasteiger partial charge in [-0.3, -0.25) is 10.1 Å². The van der Waals surface area contributed by atoms with Crippen molar-refractivity contribution < 1.29 is 19.5 Å². The van der Waals surface area contributed by atoms with Crippen LogP contribution in [0.25, 0.3) is 0 Å². The fraction of sp³-hybridized carbons (Fsp3) is 1.00. The molecule has 0 unspecified atom stereocenters. The molecule has 0 saturated heterocycles. The lowest BCUT2D eigenvalue weighted by Crippen LogP contribution is -2.63. The Morgan fingerprint density at radius 3 is 1.71 bits per heavy atom. The summed E-state index contributed by atoms with van der Waals surface area (Å²) in [4.78, 5) is 9.48. The van der Waals surface area contributed by atoms with Gasteiger partial charge in [0, 0.05) is 4.92 Å². The largest absolute Gasteiger partial charge is 0.389 e. The van der Waals surface area contributed by atoms with Crippen LogP contribution in [-0.4, -0.2) is 51.3 Å². The maximum absolute atomic E-state index is 13.8. The first kappa shape index (κ1) is 13.8. The van der Waals surface area contributed by atoms with Gasteiger partial charge in [0.2, 0.25) is 5.67 Å². The Labute approximate surface area is 89.6 Å². The maximum atomic E-state index is 13.8. The normalized spacial score (nSPS) is 12.9. The third kappa shape index (κ3) is 1.93. The zero-order chi connectivity index (χ0) is 11.4. The Morgan fingerprint density at radius 2 is 1.64 bits per heavy atom. The quantitative estimate of drug-likeness (QED) is 0.400. The molecule has 0 aliphatic carbocycles. The molecule has 8 heteroatoms. The van der Waals surface area contributed by atoms with Crippen molar-refractivity contribution in [3.63, 3.8) is 0 Å². The van der Waals surface area contributed by atoms with E-state index < -0.39 is 41.1 Å². The van der Waals surface area contributed by atoms with E-state index in [4.69, 9.17) is 33.4 Å². The zero-order valence-corrected chi connectivity index (χ0v) is 8.63. The predicted octanol–water partition coefficient (Wildman–Crippen LogP) is 0.172. The van der Waals surface area contributed by atoms with Gasteiger partial charge in [-0.1, -0.05) is 0 Å². The first-order chi connectivity index (χ1) is 6.44. The molecule has 0 aromatic heterocycles. The molecule has 5 nitrogen and oxygen atoms in total. The summed E-state index contributed by atoms with van der Waals surface area (Å²) in [5.74, 6) is -1.56. The summed E-state index contributed by atoms with van der Waals surface area (Å²) < 4.78 is 13.8. The van der Waals surface area contributed by atoms with E-state index in [9.17, 15) is 14.5 Å². The lowest BCUT2D eigenvalue weighted by Gasteiger charge is -2.32. The second-order valence-corrected chi connectivity index (χ2v) is 3.37. The van der Waals surface area contributed by atoms with Crippen LogP contribution >= 0.6 is 23.2 Å². The van der Waals surface area contributed by atoms with Crippen molar-refractivity contribution in [1.82, 2.24) is 0 Å². The molecule has 0 atom stereocenters. The van der Waals surface area contributed by atoms with Crippen LogP contribution in [0.15, 0.2) is 0 Å². The molecular formula is C6H10Cl2FNO4. The molecule has 0 aliphatic heterocycles. The van der Waals surface area contributed by atoms with Gasteiger partial charge in [-0.15, -0.1) is 23.2 Å². The second kappa shape index (κ2) is 5.06. The van der Waals surface area contributed by atoms with E-state index in [1.807, 2.05) is 0 Å². The van der Waals surface area contributed by atoms with Crippen LogP contribution < -0.4 is 0 Å². The number of rotatable bonds is 6. The van der Waals surface area contributed by atoms with Gasteiger partial charge in [0.1, 0.15) is 13.2 Å². The minimum Gasteiger partial charge on any atom is -0.389 e. The molecule has 0 aliphatic rings. The molecule has 14 heavy (non-hydrogen) atoms. The lowest BCUT2D eigenvalue weighted by molar-refractivity contribution is -0.594. The van der Waals surface area contributed by atoms with Crippen molar-refractivity contribution in [3.05, 3.63) is 10.1 Å². The van der Waals surface area contributed by atoms with E-state index in [2.05, 4.69) is 0 Å². The van der Waals surface area contributed by atoms with E-state index in [0.29, 0.717) is 0 Å². The minimum atomic E-state index is -2.65. The number of alkyl halides is 3. The molecule has 84 valence electrons. The SMILES string of the molecule is O=[N+]([O-])C(CO)(CO)C(F)(CCl)CCl. The van der Waals surface area contributed by atoms with Gasteiger partial charge < -0.3 is 10.2 Å². The molecule has 0 fully saturated rings. The number of aliphatic hydroxyl groups is 2. The lowest BCUT2D eigenvalue weighted by atomic mass is 9.85. The van der Waals surface area contributed by atoms with Crippen LogP contribution in [-0.2, 0) is 0 Å². The maximum Gasteiger partial charge on any atom is 0.302 e. The standard InChI is InChI=1S/C6H10Cl2FNO4/c7-1-5(9,2-8)6(3-11,4-12)10(13)14/h11-12H,1-4H2. The number of hydrogen-bond donors (Lipinski definition) is 2. The molecular weight excluding hydrogens is 240 g/mol. The molecule has 2 N–H and O–H groups in total. The third-order valence-electron chi connectivity index (χ3n) is 2.13. The van der Waals surface area contributed by atoms with E-state index >= 15 is 0 Å². The Balaban J connectivity index is 5.25. The highest BCUT2D eigenvalue weighted by Crippen LogP contribution is 2.32. The van der Waals surface area contributed by atoms with Crippen LogP contribution in [0, 0.1) is 10.1 Å². The summed E-state index contributed by atoms with van der Waals surface area (Å²) in [7, 11) is 0. The van der Waals surface area contributed by atoms with E-state index in [-0.39, 0.29) is 0 Å². The smallest absolute Gasteiger partial charge is 0.302 e. The summed E-state index contributed by atoms with van der Waals surface area (Å²) in [5.41, 5.74) is -5.21. The number of nitrogens with zero attached hydrogens (tertiary/aromatic N) is 1. The Morgan fingerprint density at radius 1 is 1.29 bits per heavy atom. The Kier molecular flexibility index (Phi) is 5.00. The number of aliphatic hydroxyl groups excluding tert-OH is 2. The number of hydrogen-bond acceptors (Lipinski definition) is 4. The highest BCUT2D eigenvalue weighted by molar-refractivity contribution is 6.22. The molecule has 0 amide bonds. The molecule has 0 radical (unpaired) electrons. The summed E-state index contributed by atoms with van der Waals surface area (Å²) in [5, 5.41) is 28.1. The first-order valence-corrected chi connectivity index (χ1v) is 4.68. The molecule has 0 saturated carbocycles. The van der Waals surface area contributed by atoms with Gasteiger partial charge in [-0.05, 0) is 0 Å². The van der Waals surface area contributed by atoms with Gasteiger partial charge >= 0.3 is 5.54 Å². The van der Waals surface area contributed by atoms with Gasteiger partial charge in [0.05, 0.1) is 11.8 Å². The fourth-order valence-electron chi connectivity index (χ4n) is 0.897. The van der Waals surface area contributed by atoms with E-state index in [1.54, 1.807) is 0 Å². The summed E-state index contributed by atoms with van der Waals surface area (Å²) >= 11 is 10.4. The molecule has 0 bridgehead atoms. The van der Waals surface area contributed by atoms with E-state index in [1.165, 1.54) is 0 Å². The number of halogens is 3. The molecule has 0 aromatic rings. The molecule has 0 heterocycles. The topological polar surface area (TPSA) is 83.6 Å². The predicted molar refractivity (Wildman–Crippen MR) is 49.2 cm³/mol. The third-order valence-corrected chi connectivity index (χ3v) is 2.98. The van der Waals surface area contributed by atoms with Crippen LogP contribution in [0.5, 0.6) is 0 Å². The summed E-state index contributed by atoms with van der Waals surface area (Å²) in [6.07, 6.45) is 0. The average molecular weight is 250 g/mol. The van der Waals surface area contributed by atoms with Gasteiger partial charge in [0.15, 0.2) is 0 Å². The van der Waals surface area contributed by atoms with Crippen molar-refractivity contribution in [2.45, 2.75) is 11.2 Å². The van der Waals surface area contributed by atoms with Gasteiger partial charge in [-0.25, -0.2) is 4.39 Å².